The van der Waals surface area contributed by atoms with Gasteiger partial charge < -0.3 is 15.0 Å². The number of anilines is 1. The lowest BCUT2D eigenvalue weighted by Crippen LogP contribution is -2.43. The fourth-order valence-corrected chi connectivity index (χ4v) is 3.98. The lowest BCUT2D eigenvalue weighted by atomic mass is 10.1. The average molecular weight is 400 g/mol. The van der Waals surface area contributed by atoms with Crippen molar-refractivity contribution in [1.82, 2.24) is 9.80 Å². The zero-order valence-corrected chi connectivity index (χ0v) is 17.7. The van der Waals surface area contributed by atoms with E-state index in [-0.39, 0.29) is 11.2 Å². The maximum Gasteiger partial charge on any atom is 0.237 e. The van der Waals surface area contributed by atoms with Gasteiger partial charge in [0.25, 0.3) is 0 Å². The quantitative estimate of drug-likeness (QED) is 0.721. The van der Waals surface area contributed by atoms with Crippen LogP contribution < -0.4 is 10.1 Å². The van der Waals surface area contributed by atoms with Crippen molar-refractivity contribution in [3.8, 4) is 5.75 Å². The molecule has 3 rings (SSSR count). The first-order valence-corrected chi connectivity index (χ1v) is 10.5. The zero-order valence-electron chi connectivity index (χ0n) is 16.9. The molecule has 1 heterocycles. The molecular weight excluding hydrogens is 370 g/mol. The lowest BCUT2D eigenvalue weighted by molar-refractivity contribution is -0.115. The summed E-state index contributed by atoms with van der Waals surface area (Å²) in [6.45, 7) is 7.34. The third-order valence-corrected chi connectivity index (χ3v) is 6.08. The molecule has 1 atom stereocenters. The van der Waals surface area contributed by atoms with Crippen LogP contribution in [0.25, 0.3) is 0 Å². The maximum atomic E-state index is 12.5. The summed E-state index contributed by atoms with van der Waals surface area (Å²) >= 11 is 1.54. The van der Waals surface area contributed by atoms with E-state index in [4.69, 9.17) is 4.74 Å². The number of amides is 1. The van der Waals surface area contributed by atoms with Crippen molar-refractivity contribution in [3.63, 3.8) is 0 Å². The maximum absolute atomic E-state index is 12.5. The minimum atomic E-state index is -0.182. The summed E-state index contributed by atoms with van der Waals surface area (Å²) in [7, 11) is 3.82. The summed E-state index contributed by atoms with van der Waals surface area (Å²) in [5.74, 6) is 0.825. The molecule has 2 aromatic carbocycles. The van der Waals surface area contributed by atoms with E-state index >= 15 is 0 Å². The molecule has 1 N–H and O–H groups in total. The minimum Gasteiger partial charge on any atom is -0.497 e. The van der Waals surface area contributed by atoms with Gasteiger partial charge in [0.2, 0.25) is 5.91 Å². The number of nitrogens with one attached hydrogen (secondary N) is 1. The van der Waals surface area contributed by atoms with Crippen molar-refractivity contribution in [2.24, 2.45) is 0 Å². The number of ether oxygens (including phenoxy) is 1. The second kappa shape index (κ2) is 9.96. The predicted molar refractivity (Wildman–Crippen MR) is 116 cm³/mol. The van der Waals surface area contributed by atoms with Crippen LogP contribution in [0.5, 0.6) is 5.75 Å². The molecule has 1 amide bonds. The van der Waals surface area contributed by atoms with Gasteiger partial charge in [-0.25, -0.2) is 0 Å². The fourth-order valence-electron chi connectivity index (χ4n) is 3.11. The van der Waals surface area contributed by atoms with Crippen LogP contribution in [0.2, 0.25) is 0 Å². The van der Waals surface area contributed by atoms with E-state index in [2.05, 4.69) is 34.3 Å². The average Bonchev–Trinajstić information content (AvgIpc) is 2.71. The van der Waals surface area contributed by atoms with E-state index in [0.29, 0.717) is 0 Å². The summed E-state index contributed by atoms with van der Waals surface area (Å²) in [5.41, 5.74) is 2.12. The summed E-state index contributed by atoms with van der Waals surface area (Å²) in [5, 5.41) is 2.83. The summed E-state index contributed by atoms with van der Waals surface area (Å²) in [6, 6.07) is 16.0. The molecule has 6 heteroatoms. The zero-order chi connectivity index (χ0) is 19.9. The molecule has 0 aromatic heterocycles. The van der Waals surface area contributed by atoms with Crippen LogP contribution in [0.15, 0.2) is 53.4 Å². The highest BCUT2D eigenvalue weighted by Crippen LogP contribution is 2.26. The molecule has 150 valence electrons. The molecule has 1 fully saturated rings. The molecule has 28 heavy (non-hydrogen) atoms. The van der Waals surface area contributed by atoms with Gasteiger partial charge in [-0.2, -0.15) is 0 Å². The molecule has 1 saturated heterocycles. The first kappa shape index (κ1) is 20.7. The second-order valence-corrected chi connectivity index (χ2v) is 8.62. The van der Waals surface area contributed by atoms with Crippen molar-refractivity contribution < 1.29 is 9.53 Å². The Morgan fingerprint density at radius 3 is 2.32 bits per heavy atom. The summed E-state index contributed by atoms with van der Waals surface area (Å²) in [6.07, 6.45) is 0. The first-order valence-electron chi connectivity index (χ1n) is 9.65. The molecule has 1 unspecified atom stereocenters. The Morgan fingerprint density at radius 2 is 1.71 bits per heavy atom. The van der Waals surface area contributed by atoms with Gasteiger partial charge in [0.15, 0.2) is 0 Å². The fraction of sp³-hybridized carbons (Fsp3) is 0.409. The van der Waals surface area contributed by atoms with Crippen molar-refractivity contribution in [2.45, 2.75) is 23.6 Å². The van der Waals surface area contributed by atoms with E-state index in [1.54, 1.807) is 7.11 Å². The SMILES string of the molecule is COc1ccc(SC(C)C(=O)Nc2ccc(CN3CCN(C)CC3)cc2)cc1. The molecule has 2 aromatic rings. The first-order chi connectivity index (χ1) is 13.5. The molecule has 5 nitrogen and oxygen atoms in total. The molecule has 1 aliphatic heterocycles. The van der Waals surface area contributed by atoms with Crippen molar-refractivity contribution in [3.05, 3.63) is 54.1 Å². The number of thioether (sulfide) groups is 1. The Morgan fingerprint density at radius 1 is 1.07 bits per heavy atom. The molecule has 0 spiro atoms. The van der Waals surface area contributed by atoms with E-state index in [9.17, 15) is 4.79 Å². The Hall–Kier alpha value is -2.02. The van der Waals surface area contributed by atoms with Crippen LogP contribution in [0.1, 0.15) is 12.5 Å². The van der Waals surface area contributed by atoms with E-state index in [0.717, 1.165) is 49.1 Å². The van der Waals surface area contributed by atoms with Gasteiger partial charge in [-0.1, -0.05) is 12.1 Å². The van der Waals surface area contributed by atoms with Crippen LogP contribution >= 0.6 is 11.8 Å². The highest BCUT2D eigenvalue weighted by Gasteiger charge is 2.16. The number of benzene rings is 2. The second-order valence-electron chi connectivity index (χ2n) is 7.20. The van der Waals surface area contributed by atoms with E-state index < -0.39 is 0 Å². The number of piperazine rings is 1. The molecule has 0 radical (unpaired) electrons. The monoisotopic (exact) mass is 399 g/mol. The van der Waals surface area contributed by atoms with Crippen molar-refractivity contribution in [2.75, 3.05) is 45.7 Å². The predicted octanol–water partition coefficient (Wildman–Crippen LogP) is 3.56. The van der Waals surface area contributed by atoms with Crippen LogP contribution in [0, 0.1) is 0 Å². The van der Waals surface area contributed by atoms with E-state index in [1.807, 2.05) is 43.3 Å². The van der Waals surface area contributed by atoms with Gasteiger partial charge in [0.05, 0.1) is 12.4 Å². The minimum absolute atomic E-state index is 0.00707. The van der Waals surface area contributed by atoms with E-state index in [1.165, 1.54) is 17.3 Å². The Bertz CT molecular complexity index is 756. The normalized spacial score (nSPS) is 16.5. The number of nitrogens with zero attached hydrogens (tertiary/aromatic N) is 2. The lowest BCUT2D eigenvalue weighted by Gasteiger charge is -2.32. The van der Waals surface area contributed by atoms with Gasteiger partial charge in [0, 0.05) is 43.3 Å². The molecule has 0 aliphatic carbocycles. The number of likely N-dealkylation sites (N-methyl/N-ethyl adjacent to an activating group) is 1. The Labute approximate surface area is 172 Å². The van der Waals surface area contributed by atoms with Crippen LogP contribution in [-0.2, 0) is 11.3 Å². The molecule has 0 bridgehead atoms. The van der Waals surface area contributed by atoms with Gasteiger partial charge in [-0.05, 0) is 55.9 Å². The summed E-state index contributed by atoms with van der Waals surface area (Å²) in [4.78, 5) is 18.4. The summed E-state index contributed by atoms with van der Waals surface area (Å²) < 4.78 is 5.17. The van der Waals surface area contributed by atoms with Crippen molar-refractivity contribution >= 4 is 23.4 Å². The van der Waals surface area contributed by atoms with Crippen LogP contribution in [0.4, 0.5) is 5.69 Å². The largest absolute Gasteiger partial charge is 0.497 e. The number of rotatable bonds is 7. The van der Waals surface area contributed by atoms with Gasteiger partial charge in [-0.3, -0.25) is 9.69 Å². The molecule has 1 aliphatic rings. The number of hydrogen-bond acceptors (Lipinski definition) is 5. The highest BCUT2D eigenvalue weighted by molar-refractivity contribution is 8.00. The number of methoxy groups -OCH3 is 1. The third kappa shape index (κ3) is 5.99. The van der Waals surface area contributed by atoms with Gasteiger partial charge in [-0.15, -0.1) is 11.8 Å². The smallest absolute Gasteiger partial charge is 0.237 e. The van der Waals surface area contributed by atoms with Crippen LogP contribution in [0.3, 0.4) is 0 Å². The van der Waals surface area contributed by atoms with Crippen LogP contribution in [-0.4, -0.2) is 61.3 Å². The number of carbonyl (C=O) groups is 1. The number of carbonyl (C=O) groups excluding carboxylic acids is 1. The topological polar surface area (TPSA) is 44.8 Å². The Kier molecular flexibility index (Phi) is 7.36. The van der Waals surface area contributed by atoms with Gasteiger partial charge >= 0.3 is 0 Å². The number of hydrogen-bond donors (Lipinski definition) is 1. The van der Waals surface area contributed by atoms with Crippen molar-refractivity contribution in [1.29, 1.82) is 0 Å². The Balaban J connectivity index is 1.49. The molecular formula is C22H29N3O2S. The third-order valence-electron chi connectivity index (χ3n) is 4.97. The highest BCUT2D eigenvalue weighted by atomic mass is 32.2. The molecule has 0 saturated carbocycles. The van der Waals surface area contributed by atoms with Gasteiger partial charge in [0.1, 0.15) is 5.75 Å². The standard InChI is InChI=1S/C22H29N3O2S/c1-17(28-21-10-8-20(27-3)9-11-21)22(26)23-19-6-4-18(5-7-19)16-25-14-12-24(2)13-15-25/h4-11,17H,12-16H2,1-3H3,(H,23,26).